The second kappa shape index (κ2) is 5.92. The third-order valence-electron chi connectivity index (χ3n) is 2.30. The van der Waals surface area contributed by atoms with Crippen LogP contribution in [0.15, 0.2) is 6.07 Å². The molecule has 0 radical (unpaired) electrons. The lowest BCUT2D eigenvalue weighted by atomic mass is 10.1. The van der Waals surface area contributed by atoms with Crippen LogP contribution in [0.5, 0.6) is 0 Å². The van der Waals surface area contributed by atoms with Gasteiger partial charge in [-0.05, 0) is 32.4 Å². The zero-order chi connectivity index (χ0) is 11.3. The Bertz CT molecular complexity index is 371. The van der Waals surface area contributed by atoms with Gasteiger partial charge in [0.05, 0.1) is 6.54 Å². The molecule has 0 aromatic carbocycles. The van der Waals surface area contributed by atoms with Crippen LogP contribution in [0.2, 0.25) is 0 Å². The molecule has 3 N–H and O–H groups in total. The molecule has 15 heavy (non-hydrogen) atoms. The second-order valence-corrected chi connectivity index (χ2v) is 4.92. The molecule has 1 unspecified atom stereocenters. The minimum atomic E-state index is 0.232. The largest absolute Gasteiger partial charge is 0.329 e. The van der Waals surface area contributed by atoms with Crippen LogP contribution in [-0.2, 0) is 0 Å². The van der Waals surface area contributed by atoms with Gasteiger partial charge in [-0.1, -0.05) is 5.92 Å². The minimum absolute atomic E-state index is 0.232. The molecule has 82 valence electrons. The first-order valence-corrected chi connectivity index (χ1v) is 5.90. The molecular weight excluding hydrogens is 204 g/mol. The summed E-state index contributed by atoms with van der Waals surface area (Å²) in [5.74, 6) is 5.86. The van der Waals surface area contributed by atoms with Gasteiger partial charge in [-0.3, -0.25) is 5.32 Å². The summed E-state index contributed by atoms with van der Waals surface area (Å²) in [5, 5.41) is 3.35. The van der Waals surface area contributed by atoms with E-state index in [0.717, 1.165) is 0 Å². The van der Waals surface area contributed by atoms with Crippen molar-refractivity contribution in [2.24, 2.45) is 5.73 Å². The van der Waals surface area contributed by atoms with Gasteiger partial charge in [0.25, 0.3) is 0 Å². The van der Waals surface area contributed by atoms with Crippen LogP contribution in [0, 0.1) is 25.7 Å². The molecule has 0 bridgehead atoms. The molecular formula is C12H18N2S. The predicted octanol–water partition coefficient (Wildman–Crippen LogP) is 1.98. The van der Waals surface area contributed by atoms with Crippen LogP contribution in [0.1, 0.15) is 28.3 Å². The van der Waals surface area contributed by atoms with Gasteiger partial charge in [-0.2, -0.15) is 0 Å². The van der Waals surface area contributed by atoms with Crippen molar-refractivity contribution < 1.29 is 0 Å². The number of thiophene rings is 1. The van der Waals surface area contributed by atoms with Crippen molar-refractivity contribution in [1.29, 1.82) is 0 Å². The summed E-state index contributed by atoms with van der Waals surface area (Å²) in [4.78, 5) is 2.68. The fraction of sp³-hybridized carbons (Fsp3) is 0.500. The Labute approximate surface area is 95.9 Å². The number of rotatable bonds is 4. The van der Waals surface area contributed by atoms with Crippen molar-refractivity contribution in [1.82, 2.24) is 5.32 Å². The smallest absolute Gasteiger partial charge is 0.0581 e. The van der Waals surface area contributed by atoms with E-state index in [4.69, 9.17) is 5.73 Å². The van der Waals surface area contributed by atoms with E-state index >= 15 is 0 Å². The van der Waals surface area contributed by atoms with E-state index in [0.29, 0.717) is 13.1 Å². The third-order valence-corrected chi connectivity index (χ3v) is 3.29. The average Bonchev–Trinajstić information content (AvgIpc) is 2.53. The Morgan fingerprint density at radius 3 is 2.73 bits per heavy atom. The van der Waals surface area contributed by atoms with Crippen LogP contribution in [0.25, 0.3) is 0 Å². The lowest BCUT2D eigenvalue weighted by Gasteiger charge is -2.14. The molecule has 1 aromatic rings. The normalized spacial score (nSPS) is 12.0. The van der Waals surface area contributed by atoms with Crippen molar-refractivity contribution in [3.8, 4) is 11.8 Å². The van der Waals surface area contributed by atoms with Crippen molar-refractivity contribution in [2.75, 3.05) is 13.1 Å². The second-order valence-electron chi connectivity index (χ2n) is 3.46. The Morgan fingerprint density at radius 2 is 2.27 bits per heavy atom. The zero-order valence-corrected chi connectivity index (χ0v) is 10.4. The molecule has 1 heterocycles. The molecule has 0 spiro atoms. The van der Waals surface area contributed by atoms with Crippen LogP contribution < -0.4 is 11.1 Å². The lowest BCUT2D eigenvalue weighted by molar-refractivity contribution is 0.581. The third kappa shape index (κ3) is 3.35. The lowest BCUT2D eigenvalue weighted by Crippen LogP contribution is -2.28. The van der Waals surface area contributed by atoms with Gasteiger partial charge in [0.15, 0.2) is 0 Å². The monoisotopic (exact) mass is 222 g/mol. The minimum Gasteiger partial charge on any atom is -0.329 e. The number of hydrogen-bond acceptors (Lipinski definition) is 3. The van der Waals surface area contributed by atoms with Crippen molar-refractivity contribution >= 4 is 11.3 Å². The van der Waals surface area contributed by atoms with Gasteiger partial charge in [-0.25, -0.2) is 0 Å². The van der Waals surface area contributed by atoms with E-state index in [9.17, 15) is 0 Å². The first-order chi connectivity index (χ1) is 7.19. The SMILES string of the molecule is CC#CCNC(CN)c1cc(C)sc1C. The van der Waals surface area contributed by atoms with Gasteiger partial charge in [0.2, 0.25) is 0 Å². The molecule has 0 aliphatic carbocycles. The van der Waals surface area contributed by atoms with Crippen LogP contribution in [-0.4, -0.2) is 13.1 Å². The maximum Gasteiger partial charge on any atom is 0.0581 e. The fourth-order valence-corrected chi connectivity index (χ4v) is 2.57. The maximum atomic E-state index is 5.76. The molecule has 1 aromatic heterocycles. The molecule has 0 amide bonds. The molecule has 3 heteroatoms. The van der Waals surface area contributed by atoms with Crippen LogP contribution in [0.3, 0.4) is 0 Å². The highest BCUT2D eigenvalue weighted by Gasteiger charge is 2.12. The quantitative estimate of drug-likeness (QED) is 0.765. The Balaban J connectivity index is 2.72. The van der Waals surface area contributed by atoms with E-state index in [-0.39, 0.29) is 6.04 Å². The van der Waals surface area contributed by atoms with Crippen LogP contribution in [0.4, 0.5) is 0 Å². The van der Waals surface area contributed by atoms with Gasteiger partial charge < -0.3 is 5.73 Å². The summed E-state index contributed by atoms with van der Waals surface area (Å²) in [6.45, 7) is 7.43. The Morgan fingerprint density at radius 1 is 1.53 bits per heavy atom. The first kappa shape index (κ1) is 12.3. The van der Waals surface area contributed by atoms with E-state index in [1.807, 2.05) is 18.3 Å². The topological polar surface area (TPSA) is 38.0 Å². The standard InChI is InChI=1S/C12H18N2S/c1-4-5-6-14-12(8-13)11-7-9(2)15-10(11)3/h7,12,14H,6,8,13H2,1-3H3. The highest BCUT2D eigenvalue weighted by atomic mass is 32.1. The van der Waals surface area contributed by atoms with E-state index in [2.05, 4.69) is 37.1 Å². The zero-order valence-electron chi connectivity index (χ0n) is 9.55. The van der Waals surface area contributed by atoms with Crippen molar-refractivity contribution in [3.05, 3.63) is 21.4 Å². The van der Waals surface area contributed by atoms with E-state index in [1.54, 1.807) is 0 Å². The Hall–Kier alpha value is -0.820. The summed E-state index contributed by atoms with van der Waals surface area (Å²) < 4.78 is 0. The summed E-state index contributed by atoms with van der Waals surface area (Å²) in [6.07, 6.45) is 0. The molecule has 1 atom stereocenters. The molecule has 0 saturated heterocycles. The predicted molar refractivity (Wildman–Crippen MR) is 67.0 cm³/mol. The molecule has 0 saturated carbocycles. The Kier molecular flexibility index (Phi) is 4.83. The highest BCUT2D eigenvalue weighted by Crippen LogP contribution is 2.25. The summed E-state index contributed by atoms with van der Waals surface area (Å²) in [5.41, 5.74) is 7.08. The summed E-state index contributed by atoms with van der Waals surface area (Å²) in [7, 11) is 0. The van der Waals surface area contributed by atoms with Gasteiger partial charge >= 0.3 is 0 Å². The fourth-order valence-electron chi connectivity index (χ4n) is 1.58. The molecule has 0 aliphatic heterocycles. The maximum absolute atomic E-state index is 5.76. The molecule has 1 rings (SSSR count). The molecule has 0 fully saturated rings. The summed E-state index contributed by atoms with van der Waals surface area (Å²) >= 11 is 1.82. The molecule has 0 aliphatic rings. The number of aryl methyl sites for hydroxylation is 2. The van der Waals surface area contributed by atoms with Gasteiger partial charge in [0.1, 0.15) is 0 Å². The van der Waals surface area contributed by atoms with E-state index in [1.165, 1.54) is 15.3 Å². The van der Waals surface area contributed by atoms with Gasteiger partial charge in [0, 0.05) is 22.3 Å². The summed E-state index contributed by atoms with van der Waals surface area (Å²) in [6, 6.07) is 2.44. The van der Waals surface area contributed by atoms with E-state index < -0.39 is 0 Å². The number of nitrogens with one attached hydrogen (secondary N) is 1. The number of nitrogens with two attached hydrogens (primary N) is 1. The van der Waals surface area contributed by atoms with Crippen molar-refractivity contribution in [3.63, 3.8) is 0 Å². The number of hydrogen-bond donors (Lipinski definition) is 2. The van der Waals surface area contributed by atoms with Gasteiger partial charge in [-0.15, -0.1) is 17.3 Å². The first-order valence-electron chi connectivity index (χ1n) is 5.09. The van der Waals surface area contributed by atoms with Crippen LogP contribution >= 0.6 is 11.3 Å². The average molecular weight is 222 g/mol. The highest BCUT2D eigenvalue weighted by molar-refractivity contribution is 7.12. The van der Waals surface area contributed by atoms with Crippen molar-refractivity contribution in [2.45, 2.75) is 26.8 Å². The molecule has 2 nitrogen and oxygen atoms in total.